The van der Waals surface area contributed by atoms with Gasteiger partial charge in [-0.05, 0) is 55.4 Å². The Hall–Kier alpha value is -4.25. The lowest BCUT2D eigenvalue weighted by molar-refractivity contribution is -0.151. The van der Waals surface area contributed by atoms with E-state index in [9.17, 15) is 14.4 Å². The fraction of sp³-hybridized carbons (Fsp3) is 0.394. The van der Waals surface area contributed by atoms with Gasteiger partial charge in [0.15, 0.2) is 5.17 Å². The van der Waals surface area contributed by atoms with E-state index < -0.39 is 12.0 Å². The normalized spacial score (nSPS) is 19.5. The number of carbonyl (C=O) groups is 3. The fourth-order valence-corrected chi connectivity index (χ4v) is 6.62. The Morgan fingerprint density at radius 3 is 2.43 bits per heavy atom. The number of hydrogen-bond acceptors (Lipinski definition) is 10. The van der Waals surface area contributed by atoms with Gasteiger partial charge in [0.1, 0.15) is 18.1 Å². The first-order valence-electron chi connectivity index (χ1n) is 14.7. The Morgan fingerprint density at radius 1 is 1.02 bits per heavy atom. The van der Waals surface area contributed by atoms with Crippen LogP contribution < -0.4 is 9.47 Å². The molecule has 5 rings (SSSR count). The molecule has 3 aliphatic heterocycles. The lowest BCUT2D eigenvalue weighted by atomic mass is 9.93. The van der Waals surface area contributed by atoms with E-state index in [-0.39, 0.29) is 30.8 Å². The van der Waals surface area contributed by atoms with Crippen molar-refractivity contribution in [3.63, 3.8) is 0 Å². The van der Waals surface area contributed by atoms with E-state index in [0.717, 1.165) is 17.5 Å². The third-order valence-electron chi connectivity index (χ3n) is 7.85. The average Bonchev–Trinajstić information content (AvgIpc) is 3.44. The van der Waals surface area contributed by atoms with Crippen molar-refractivity contribution in [2.45, 2.75) is 45.8 Å². The summed E-state index contributed by atoms with van der Waals surface area (Å²) in [6, 6.07) is 14.3. The lowest BCUT2D eigenvalue weighted by Crippen LogP contribution is -2.44. The average molecular weight is 620 g/mol. The molecule has 0 unspecified atom stereocenters. The van der Waals surface area contributed by atoms with E-state index in [1.807, 2.05) is 52.8 Å². The zero-order chi connectivity index (χ0) is 31.2. The third kappa shape index (κ3) is 6.77. The van der Waals surface area contributed by atoms with Crippen molar-refractivity contribution in [2.24, 2.45) is 10.9 Å². The van der Waals surface area contributed by atoms with Crippen LogP contribution in [0.25, 0.3) is 0 Å². The maximum absolute atomic E-state index is 13.8. The van der Waals surface area contributed by atoms with Crippen LogP contribution in [0, 0.1) is 5.92 Å². The quantitative estimate of drug-likeness (QED) is 0.331. The predicted octanol–water partition coefficient (Wildman–Crippen LogP) is 5.21. The summed E-state index contributed by atoms with van der Waals surface area (Å²) in [7, 11) is 3.14. The van der Waals surface area contributed by atoms with Gasteiger partial charge in [-0.2, -0.15) is 0 Å². The molecule has 0 spiro atoms. The molecule has 1 fully saturated rings. The van der Waals surface area contributed by atoms with Gasteiger partial charge >= 0.3 is 11.9 Å². The SMILES string of the molecule is CCOC(=O)[C@H]1CCCN(C(=O)CC2=CSC3=NC(C)=C(C(=O)OCc4ccccc4)[C@H](c4cc(OC)cc(OC)c4)N23)C1. The van der Waals surface area contributed by atoms with Gasteiger partial charge in [-0.15, -0.1) is 0 Å². The van der Waals surface area contributed by atoms with Crippen molar-refractivity contribution in [3.05, 3.63) is 82.0 Å². The van der Waals surface area contributed by atoms with E-state index in [0.29, 0.717) is 59.8 Å². The summed E-state index contributed by atoms with van der Waals surface area (Å²) in [5.74, 6) is -0.0854. The first-order valence-corrected chi connectivity index (χ1v) is 15.5. The highest BCUT2D eigenvalue weighted by molar-refractivity contribution is 8.16. The van der Waals surface area contributed by atoms with Crippen LogP contribution >= 0.6 is 11.8 Å². The molecule has 1 amide bonds. The van der Waals surface area contributed by atoms with Crippen LogP contribution in [0.15, 0.2) is 75.9 Å². The molecule has 2 aromatic rings. The van der Waals surface area contributed by atoms with Gasteiger partial charge in [-0.3, -0.25) is 9.59 Å². The first-order chi connectivity index (χ1) is 21.3. The van der Waals surface area contributed by atoms with Crippen molar-refractivity contribution in [2.75, 3.05) is 33.9 Å². The van der Waals surface area contributed by atoms with Gasteiger partial charge in [-0.25, -0.2) is 9.79 Å². The zero-order valence-electron chi connectivity index (χ0n) is 25.4. The topological polar surface area (TPSA) is 107 Å². The molecule has 1 saturated heterocycles. The van der Waals surface area contributed by atoms with Crippen LogP contribution in [0.1, 0.15) is 50.3 Å². The predicted molar refractivity (Wildman–Crippen MR) is 167 cm³/mol. The number of aliphatic imine (C=N–C) groups is 1. The van der Waals surface area contributed by atoms with Gasteiger partial charge in [0.25, 0.3) is 0 Å². The highest BCUT2D eigenvalue weighted by Crippen LogP contribution is 2.46. The highest BCUT2D eigenvalue weighted by atomic mass is 32.2. The van der Waals surface area contributed by atoms with Crippen molar-refractivity contribution in [1.29, 1.82) is 0 Å². The standard InChI is InChI=1S/C33H37N3O7S/c1-5-42-31(38)23-12-9-13-35(18-23)28(37)16-25-20-44-33-34-21(2)29(32(39)43-19-22-10-7-6-8-11-22)30(36(25)33)24-14-26(40-3)17-27(15-24)41-4/h6-8,10-11,14-15,17,20,23,30H,5,9,12-13,16,18-19H2,1-4H3/t23-,30-/m0/s1. The molecule has 44 heavy (non-hydrogen) atoms. The fourth-order valence-electron chi connectivity index (χ4n) is 5.66. The second kappa shape index (κ2) is 14.0. The number of amidine groups is 1. The van der Waals surface area contributed by atoms with Crippen LogP contribution in [0.5, 0.6) is 11.5 Å². The summed E-state index contributed by atoms with van der Waals surface area (Å²) in [5.41, 5.74) is 3.18. The molecule has 0 N–H and O–H groups in total. The molecule has 10 nitrogen and oxygen atoms in total. The molecule has 0 bridgehead atoms. The number of benzene rings is 2. The Balaban J connectivity index is 1.45. The van der Waals surface area contributed by atoms with Gasteiger partial charge in [0, 0.05) is 24.9 Å². The third-order valence-corrected chi connectivity index (χ3v) is 8.74. The van der Waals surface area contributed by atoms with Crippen LogP contribution in [0.4, 0.5) is 0 Å². The van der Waals surface area contributed by atoms with Crippen LogP contribution in [-0.2, 0) is 30.5 Å². The number of likely N-dealkylation sites (tertiary alicyclic amines) is 1. The number of esters is 2. The van der Waals surface area contributed by atoms with Crippen molar-refractivity contribution in [3.8, 4) is 11.5 Å². The number of carbonyl (C=O) groups excluding carboxylic acids is 3. The number of methoxy groups -OCH3 is 2. The van der Waals surface area contributed by atoms with E-state index in [4.69, 9.17) is 23.9 Å². The largest absolute Gasteiger partial charge is 0.497 e. The number of fused-ring (bicyclic) bond motifs is 1. The maximum Gasteiger partial charge on any atom is 0.338 e. The van der Waals surface area contributed by atoms with Crippen molar-refractivity contribution < 1.29 is 33.3 Å². The molecule has 2 atom stereocenters. The number of allylic oxidation sites excluding steroid dienone is 1. The number of rotatable bonds is 10. The van der Waals surface area contributed by atoms with E-state index in [2.05, 4.69) is 0 Å². The van der Waals surface area contributed by atoms with Gasteiger partial charge < -0.3 is 28.7 Å². The molecule has 2 aromatic carbocycles. The Labute approximate surface area is 261 Å². The summed E-state index contributed by atoms with van der Waals surface area (Å²) in [6.45, 7) is 4.88. The minimum atomic E-state index is -0.655. The number of piperidine rings is 1. The minimum Gasteiger partial charge on any atom is -0.497 e. The Bertz CT molecular complexity index is 1480. The molecule has 3 heterocycles. The number of thioether (sulfide) groups is 1. The number of hydrogen-bond donors (Lipinski definition) is 0. The molecule has 0 saturated carbocycles. The second-order valence-electron chi connectivity index (χ2n) is 10.7. The van der Waals surface area contributed by atoms with E-state index >= 15 is 0 Å². The summed E-state index contributed by atoms with van der Waals surface area (Å²) in [6.07, 6.45) is 1.50. The van der Waals surface area contributed by atoms with Crippen molar-refractivity contribution in [1.82, 2.24) is 9.80 Å². The molecule has 0 aliphatic carbocycles. The molecular formula is C33H37N3O7S. The summed E-state index contributed by atoms with van der Waals surface area (Å²) in [5, 5.41) is 2.55. The lowest BCUT2D eigenvalue weighted by Gasteiger charge is -2.37. The number of ether oxygens (including phenoxy) is 4. The van der Waals surface area contributed by atoms with Crippen LogP contribution in [-0.4, -0.2) is 66.7 Å². The Kier molecular flexibility index (Phi) is 9.94. The monoisotopic (exact) mass is 619 g/mol. The minimum absolute atomic E-state index is 0.0740. The smallest absolute Gasteiger partial charge is 0.338 e. The maximum atomic E-state index is 13.8. The zero-order valence-corrected chi connectivity index (χ0v) is 26.2. The van der Waals surface area contributed by atoms with Crippen LogP contribution in [0.2, 0.25) is 0 Å². The molecular weight excluding hydrogens is 582 g/mol. The Morgan fingerprint density at radius 2 is 1.75 bits per heavy atom. The molecule has 11 heteroatoms. The van der Waals surface area contributed by atoms with E-state index in [1.165, 1.54) is 11.8 Å². The number of amides is 1. The van der Waals surface area contributed by atoms with Gasteiger partial charge in [0.2, 0.25) is 5.91 Å². The molecule has 3 aliphatic rings. The van der Waals surface area contributed by atoms with Crippen molar-refractivity contribution >= 4 is 34.8 Å². The number of nitrogens with zero attached hydrogens (tertiary/aromatic N) is 3. The van der Waals surface area contributed by atoms with Gasteiger partial charge in [0.05, 0.1) is 50.5 Å². The van der Waals surface area contributed by atoms with Crippen LogP contribution in [0.3, 0.4) is 0 Å². The second-order valence-corrected chi connectivity index (χ2v) is 11.5. The molecule has 0 aromatic heterocycles. The van der Waals surface area contributed by atoms with E-state index in [1.54, 1.807) is 39.0 Å². The summed E-state index contributed by atoms with van der Waals surface area (Å²) >= 11 is 1.40. The highest BCUT2D eigenvalue weighted by Gasteiger charge is 2.42. The summed E-state index contributed by atoms with van der Waals surface area (Å²) < 4.78 is 22.2. The molecule has 0 radical (unpaired) electrons. The first kappa shape index (κ1) is 31.2. The van der Waals surface area contributed by atoms with Gasteiger partial charge in [-0.1, -0.05) is 42.1 Å². The summed E-state index contributed by atoms with van der Waals surface area (Å²) in [4.78, 5) is 48.3. The molecule has 232 valence electrons.